The average molecular weight is 186 g/mol. The minimum Gasteiger partial charge on any atom is -0.317 e. The quantitative estimate of drug-likeness (QED) is 0.695. The lowest BCUT2D eigenvalue weighted by Gasteiger charge is -2.21. The van der Waals surface area contributed by atoms with Gasteiger partial charge >= 0.3 is 0 Å². The van der Waals surface area contributed by atoms with Crippen molar-refractivity contribution in [3.63, 3.8) is 0 Å². The highest BCUT2D eigenvalue weighted by atomic mass is 35.5. The molecule has 0 spiro atoms. The first-order valence-electron chi connectivity index (χ1n) is 3.78. The van der Waals surface area contributed by atoms with E-state index in [4.69, 9.17) is 0 Å². The van der Waals surface area contributed by atoms with Gasteiger partial charge in [-0.1, -0.05) is 0 Å². The van der Waals surface area contributed by atoms with Gasteiger partial charge in [-0.3, -0.25) is 0 Å². The van der Waals surface area contributed by atoms with Crippen molar-refractivity contribution in [2.24, 2.45) is 5.92 Å². The van der Waals surface area contributed by atoms with Gasteiger partial charge in [-0.05, 0) is 31.8 Å². The zero-order valence-corrected chi connectivity index (χ0v) is 7.17. The van der Waals surface area contributed by atoms with Crippen LogP contribution in [0.4, 0.5) is 8.78 Å². The van der Waals surface area contributed by atoms with Crippen molar-refractivity contribution >= 4 is 12.4 Å². The summed E-state index contributed by atoms with van der Waals surface area (Å²) in [4.78, 5) is 0. The molecule has 1 aliphatic rings. The van der Waals surface area contributed by atoms with E-state index in [1.807, 2.05) is 0 Å². The van der Waals surface area contributed by atoms with Gasteiger partial charge in [0, 0.05) is 6.42 Å². The molecule has 0 bridgehead atoms. The highest BCUT2D eigenvalue weighted by Crippen LogP contribution is 2.19. The number of hydrogen-bond donors (Lipinski definition) is 1. The molecule has 1 heterocycles. The van der Waals surface area contributed by atoms with Gasteiger partial charge in [0.1, 0.15) is 0 Å². The molecular formula is C7H14ClF2N. The highest BCUT2D eigenvalue weighted by Gasteiger charge is 2.16. The van der Waals surface area contributed by atoms with E-state index in [0.717, 1.165) is 25.9 Å². The number of piperidine rings is 1. The van der Waals surface area contributed by atoms with Crippen LogP contribution in [0.15, 0.2) is 0 Å². The fourth-order valence-electron chi connectivity index (χ4n) is 1.37. The number of nitrogens with one attached hydrogen (secondary N) is 1. The first-order chi connectivity index (χ1) is 4.79. The van der Waals surface area contributed by atoms with E-state index < -0.39 is 6.43 Å². The van der Waals surface area contributed by atoms with Crippen molar-refractivity contribution < 1.29 is 8.78 Å². The second kappa shape index (κ2) is 5.72. The largest absolute Gasteiger partial charge is 0.317 e. The van der Waals surface area contributed by atoms with Crippen molar-refractivity contribution in [1.29, 1.82) is 0 Å². The van der Waals surface area contributed by atoms with Crippen LogP contribution in [-0.2, 0) is 0 Å². The maximum Gasteiger partial charge on any atom is 0.238 e. The SMILES string of the molecule is Cl.FC(F)CC1CCNCC1. The van der Waals surface area contributed by atoms with E-state index in [1.165, 1.54) is 0 Å². The molecule has 11 heavy (non-hydrogen) atoms. The van der Waals surface area contributed by atoms with E-state index >= 15 is 0 Å². The van der Waals surface area contributed by atoms with Gasteiger partial charge in [-0.2, -0.15) is 0 Å². The van der Waals surface area contributed by atoms with Gasteiger partial charge in [-0.15, -0.1) is 12.4 Å². The van der Waals surface area contributed by atoms with Crippen LogP contribution in [0.5, 0.6) is 0 Å². The third kappa shape index (κ3) is 4.53. The van der Waals surface area contributed by atoms with Crippen LogP contribution >= 0.6 is 12.4 Å². The molecule has 1 aliphatic heterocycles. The molecule has 0 amide bonds. The van der Waals surface area contributed by atoms with Gasteiger partial charge in [0.2, 0.25) is 6.43 Å². The van der Waals surface area contributed by atoms with E-state index in [1.54, 1.807) is 0 Å². The Kier molecular flexibility index (Phi) is 5.78. The number of rotatable bonds is 2. The van der Waals surface area contributed by atoms with E-state index in [0.29, 0.717) is 0 Å². The first-order valence-corrected chi connectivity index (χ1v) is 3.78. The Labute approximate surface area is 72.0 Å². The Morgan fingerprint density at radius 3 is 2.27 bits per heavy atom. The Bertz CT molecular complexity index is 94.4. The van der Waals surface area contributed by atoms with Crippen LogP contribution < -0.4 is 5.32 Å². The highest BCUT2D eigenvalue weighted by molar-refractivity contribution is 5.85. The van der Waals surface area contributed by atoms with Crippen molar-refractivity contribution in [1.82, 2.24) is 5.32 Å². The second-order valence-electron chi connectivity index (χ2n) is 2.82. The van der Waals surface area contributed by atoms with Crippen LogP contribution in [0, 0.1) is 5.92 Å². The molecule has 1 saturated heterocycles. The summed E-state index contributed by atoms with van der Waals surface area (Å²) >= 11 is 0. The molecule has 0 aromatic carbocycles. The minimum absolute atomic E-state index is 0. The van der Waals surface area contributed by atoms with Gasteiger partial charge in [0.25, 0.3) is 0 Å². The Balaban J connectivity index is 0.000001000. The molecule has 1 nitrogen and oxygen atoms in total. The molecule has 0 radical (unpaired) electrons. The lowest BCUT2D eigenvalue weighted by atomic mass is 9.95. The Hall–Kier alpha value is 0.110. The van der Waals surface area contributed by atoms with Gasteiger partial charge < -0.3 is 5.32 Å². The number of hydrogen-bond acceptors (Lipinski definition) is 1. The van der Waals surface area contributed by atoms with Crippen LogP contribution in [0.1, 0.15) is 19.3 Å². The standard InChI is InChI=1S/C7H13F2N.ClH/c8-7(9)5-6-1-3-10-4-2-6;/h6-7,10H,1-5H2;1H. The normalized spacial score (nSPS) is 19.9. The first kappa shape index (κ1) is 11.1. The molecule has 1 rings (SSSR count). The molecule has 4 heteroatoms. The molecule has 1 fully saturated rings. The van der Waals surface area contributed by atoms with E-state index in [9.17, 15) is 8.78 Å². The van der Waals surface area contributed by atoms with E-state index in [-0.39, 0.29) is 24.7 Å². The molecule has 0 aliphatic carbocycles. The predicted octanol–water partition coefficient (Wildman–Crippen LogP) is 2.06. The van der Waals surface area contributed by atoms with Crippen molar-refractivity contribution in [2.75, 3.05) is 13.1 Å². The Morgan fingerprint density at radius 2 is 1.82 bits per heavy atom. The monoisotopic (exact) mass is 185 g/mol. The summed E-state index contributed by atoms with van der Waals surface area (Å²) in [5.74, 6) is 0.265. The number of halogens is 3. The second-order valence-corrected chi connectivity index (χ2v) is 2.82. The summed E-state index contributed by atoms with van der Waals surface area (Å²) in [5.41, 5.74) is 0. The Morgan fingerprint density at radius 1 is 1.27 bits per heavy atom. The summed E-state index contributed by atoms with van der Waals surface area (Å²) in [6, 6.07) is 0. The van der Waals surface area contributed by atoms with Gasteiger partial charge in [-0.25, -0.2) is 8.78 Å². The predicted molar refractivity (Wildman–Crippen MR) is 43.5 cm³/mol. The zero-order valence-electron chi connectivity index (χ0n) is 6.35. The van der Waals surface area contributed by atoms with Crippen molar-refractivity contribution in [2.45, 2.75) is 25.7 Å². The van der Waals surface area contributed by atoms with Crippen LogP contribution in [0.3, 0.4) is 0 Å². The van der Waals surface area contributed by atoms with E-state index in [2.05, 4.69) is 5.32 Å². The molecule has 1 N–H and O–H groups in total. The summed E-state index contributed by atoms with van der Waals surface area (Å²) in [6.07, 6.45) is -0.167. The maximum absolute atomic E-state index is 11.8. The summed E-state index contributed by atoms with van der Waals surface area (Å²) in [7, 11) is 0. The zero-order chi connectivity index (χ0) is 7.40. The van der Waals surface area contributed by atoms with Gasteiger partial charge in [0.05, 0.1) is 0 Å². The lowest BCUT2D eigenvalue weighted by Crippen LogP contribution is -2.28. The molecule has 0 atom stereocenters. The van der Waals surface area contributed by atoms with Crippen molar-refractivity contribution in [3.05, 3.63) is 0 Å². The van der Waals surface area contributed by atoms with Gasteiger partial charge in [0.15, 0.2) is 0 Å². The summed E-state index contributed by atoms with van der Waals surface area (Å²) in [5, 5.41) is 3.14. The molecular weight excluding hydrogens is 172 g/mol. The topological polar surface area (TPSA) is 12.0 Å². The fourth-order valence-corrected chi connectivity index (χ4v) is 1.37. The smallest absolute Gasteiger partial charge is 0.238 e. The molecule has 0 saturated carbocycles. The molecule has 0 aromatic rings. The van der Waals surface area contributed by atoms with Crippen LogP contribution in [0.2, 0.25) is 0 Å². The van der Waals surface area contributed by atoms with Crippen LogP contribution in [-0.4, -0.2) is 19.5 Å². The maximum atomic E-state index is 11.8. The van der Waals surface area contributed by atoms with Crippen molar-refractivity contribution in [3.8, 4) is 0 Å². The van der Waals surface area contributed by atoms with Crippen LogP contribution in [0.25, 0.3) is 0 Å². The third-order valence-electron chi connectivity index (χ3n) is 1.97. The molecule has 68 valence electrons. The molecule has 0 aromatic heterocycles. The summed E-state index contributed by atoms with van der Waals surface area (Å²) in [6.45, 7) is 1.83. The average Bonchev–Trinajstić information content (AvgIpc) is 1.88. The minimum atomic E-state index is -2.11. The fraction of sp³-hybridized carbons (Fsp3) is 1.00. The molecule has 0 unspecified atom stereocenters. The number of alkyl halides is 2. The lowest BCUT2D eigenvalue weighted by molar-refractivity contribution is 0.106. The summed E-state index contributed by atoms with van der Waals surface area (Å²) < 4.78 is 23.6. The third-order valence-corrected chi connectivity index (χ3v) is 1.97.